The molecule has 0 saturated carbocycles. The van der Waals surface area contributed by atoms with Gasteiger partial charge >= 0.3 is 12.6 Å². The molecular weight excluding hydrogens is 241 g/mol. The maximum absolute atomic E-state index is 13.6. The van der Waals surface area contributed by atoms with Crippen molar-refractivity contribution in [2.75, 3.05) is 0 Å². The first-order valence-corrected chi connectivity index (χ1v) is 4.39. The third-order valence-electron chi connectivity index (χ3n) is 1.92. The number of carboxylic acid groups (broad SMARTS) is 1. The molecule has 0 bridgehead atoms. The molecule has 0 saturated heterocycles. The second-order valence-electron chi connectivity index (χ2n) is 3.01. The van der Waals surface area contributed by atoms with E-state index in [2.05, 4.69) is 4.74 Å². The van der Waals surface area contributed by atoms with Crippen molar-refractivity contribution in [1.29, 1.82) is 0 Å². The minimum Gasteiger partial charge on any atom is -0.481 e. The molecule has 1 rings (SSSR count). The Balaban J connectivity index is 3.21. The molecule has 0 radical (unpaired) electrons. The van der Waals surface area contributed by atoms with Crippen LogP contribution in [0.25, 0.3) is 0 Å². The van der Waals surface area contributed by atoms with Crippen LogP contribution in [0.15, 0.2) is 12.1 Å². The molecule has 4 nitrogen and oxygen atoms in total. The summed E-state index contributed by atoms with van der Waals surface area (Å²) >= 11 is 0. The Labute approximate surface area is 93.6 Å². The lowest BCUT2D eigenvalue weighted by Gasteiger charge is -2.10. The van der Waals surface area contributed by atoms with Gasteiger partial charge in [-0.3, -0.25) is 9.59 Å². The summed E-state index contributed by atoms with van der Waals surface area (Å²) in [5.74, 6) is -3.44. The van der Waals surface area contributed by atoms with E-state index in [1.165, 1.54) is 0 Å². The van der Waals surface area contributed by atoms with Gasteiger partial charge in [0.1, 0.15) is 6.29 Å². The summed E-state index contributed by atoms with van der Waals surface area (Å²) in [6.45, 7) is -3.23. The molecule has 0 unspecified atom stereocenters. The number of ether oxygens (including phenoxy) is 1. The van der Waals surface area contributed by atoms with Crippen molar-refractivity contribution in [3.05, 3.63) is 29.1 Å². The number of carbonyl (C=O) groups is 2. The lowest BCUT2D eigenvalue weighted by Crippen LogP contribution is -2.10. The molecule has 0 aromatic heterocycles. The number of carbonyl (C=O) groups excluding carboxylic acids is 1. The van der Waals surface area contributed by atoms with Gasteiger partial charge < -0.3 is 9.84 Å². The Hall–Kier alpha value is -2.05. The van der Waals surface area contributed by atoms with E-state index in [0.29, 0.717) is 0 Å². The number of rotatable bonds is 5. The monoisotopic (exact) mass is 248 g/mol. The molecular formula is C10H7F3O4. The van der Waals surface area contributed by atoms with E-state index >= 15 is 0 Å². The van der Waals surface area contributed by atoms with Crippen LogP contribution in [0.1, 0.15) is 15.9 Å². The van der Waals surface area contributed by atoms with Gasteiger partial charge in [-0.2, -0.15) is 8.78 Å². The molecule has 0 aliphatic carbocycles. The van der Waals surface area contributed by atoms with E-state index in [1.54, 1.807) is 0 Å². The topological polar surface area (TPSA) is 63.6 Å². The van der Waals surface area contributed by atoms with Crippen molar-refractivity contribution >= 4 is 12.3 Å². The minimum absolute atomic E-state index is 0.216. The van der Waals surface area contributed by atoms with Gasteiger partial charge in [-0.05, 0) is 12.1 Å². The van der Waals surface area contributed by atoms with Crippen LogP contribution in [0, 0.1) is 5.82 Å². The van der Waals surface area contributed by atoms with Crippen LogP contribution in [-0.4, -0.2) is 24.0 Å². The predicted octanol–water partition coefficient (Wildman–Crippen LogP) is 1.87. The van der Waals surface area contributed by atoms with E-state index < -0.39 is 36.1 Å². The molecule has 0 aliphatic heterocycles. The zero-order chi connectivity index (χ0) is 13.0. The Morgan fingerprint density at radius 2 is 2.12 bits per heavy atom. The van der Waals surface area contributed by atoms with Crippen LogP contribution in [-0.2, 0) is 11.2 Å². The predicted molar refractivity (Wildman–Crippen MR) is 49.8 cm³/mol. The summed E-state index contributed by atoms with van der Waals surface area (Å²) in [5.41, 5.74) is -0.697. The van der Waals surface area contributed by atoms with Gasteiger partial charge in [0.15, 0.2) is 11.6 Å². The van der Waals surface area contributed by atoms with Crippen molar-refractivity contribution in [2.24, 2.45) is 0 Å². The van der Waals surface area contributed by atoms with Gasteiger partial charge in [0, 0.05) is 11.1 Å². The van der Waals surface area contributed by atoms with Gasteiger partial charge in [0.2, 0.25) is 0 Å². The fraction of sp³-hybridized carbons (Fsp3) is 0.200. The highest BCUT2D eigenvalue weighted by atomic mass is 19.3. The van der Waals surface area contributed by atoms with Crippen molar-refractivity contribution in [2.45, 2.75) is 13.0 Å². The van der Waals surface area contributed by atoms with Crippen molar-refractivity contribution in [3.63, 3.8) is 0 Å². The van der Waals surface area contributed by atoms with Gasteiger partial charge in [0.05, 0.1) is 6.42 Å². The van der Waals surface area contributed by atoms with Crippen molar-refractivity contribution < 1.29 is 32.6 Å². The molecule has 92 valence electrons. The van der Waals surface area contributed by atoms with Crippen LogP contribution < -0.4 is 4.74 Å². The standard InChI is InChI=1S/C10H7F3O4/c11-9-6(3-8(15)16)5(4-14)1-2-7(9)17-10(12)13/h1-2,4,10H,3H2,(H,15,16). The number of aliphatic carboxylic acids is 1. The third-order valence-corrected chi connectivity index (χ3v) is 1.92. The Bertz CT molecular complexity index is 445. The summed E-state index contributed by atoms with van der Waals surface area (Å²) in [5, 5.41) is 8.51. The Kier molecular flexibility index (Phi) is 4.08. The summed E-state index contributed by atoms with van der Waals surface area (Å²) in [4.78, 5) is 21.0. The van der Waals surface area contributed by atoms with E-state index in [0.717, 1.165) is 12.1 Å². The lowest BCUT2D eigenvalue weighted by molar-refractivity contribution is -0.136. The highest BCUT2D eigenvalue weighted by Crippen LogP contribution is 2.25. The molecule has 0 heterocycles. The molecule has 7 heteroatoms. The second-order valence-corrected chi connectivity index (χ2v) is 3.01. The average Bonchev–Trinajstić information content (AvgIpc) is 2.23. The van der Waals surface area contributed by atoms with Crippen LogP contribution in [0.3, 0.4) is 0 Å². The number of carboxylic acids is 1. The smallest absolute Gasteiger partial charge is 0.387 e. The molecule has 0 spiro atoms. The first kappa shape index (κ1) is 13.0. The summed E-state index contributed by atoms with van der Waals surface area (Å²) in [7, 11) is 0. The first-order chi connectivity index (χ1) is 7.95. The number of hydrogen-bond acceptors (Lipinski definition) is 3. The van der Waals surface area contributed by atoms with Gasteiger partial charge in [-0.1, -0.05) is 0 Å². The number of halogens is 3. The number of alkyl halides is 2. The van der Waals surface area contributed by atoms with Crippen LogP contribution >= 0.6 is 0 Å². The fourth-order valence-corrected chi connectivity index (χ4v) is 1.24. The quantitative estimate of drug-likeness (QED) is 0.808. The SMILES string of the molecule is O=Cc1ccc(OC(F)F)c(F)c1CC(=O)O. The van der Waals surface area contributed by atoms with Gasteiger partial charge in [-0.15, -0.1) is 0 Å². The van der Waals surface area contributed by atoms with Crippen molar-refractivity contribution in [1.82, 2.24) is 0 Å². The molecule has 0 atom stereocenters. The highest BCUT2D eigenvalue weighted by molar-refractivity contribution is 5.81. The average molecular weight is 248 g/mol. The van der Waals surface area contributed by atoms with Gasteiger partial charge in [-0.25, -0.2) is 4.39 Å². The van der Waals surface area contributed by atoms with E-state index in [-0.39, 0.29) is 11.8 Å². The fourth-order valence-electron chi connectivity index (χ4n) is 1.24. The highest BCUT2D eigenvalue weighted by Gasteiger charge is 2.18. The molecule has 0 amide bonds. The Morgan fingerprint density at radius 3 is 2.59 bits per heavy atom. The molecule has 0 fully saturated rings. The maximum Gasteiger partial charge on any atom is 0.387 e. The summed E-state index contributed by atoms with van der Waals surface area (Å²) in [6, 6.07) is 1.86. The molecule has 0 aliphatic rings. The van der Waals surface area contributed by atoms with E-state index in [1.807, 2.05) is 0 Å². The van der Waals surface area contributed by atoms with E-state index in [9.17, 15) is 22.8 Å². The van der Waals surface area contributed by atoms with Crippen LogP contribution in [0.4, 0.5) is 13.2 Å². The third kappa shape index (κ3) is 3.20. The van der Waals surface area contributed by atoms with Crippen LogP contribution in [0.2, 0.25) is 0 Å². The normalized spacial score (nSPS) is 10.4. The molecule has 17 heavy (non-hydrogen) atoms. The summed E-state index contributed by atoms with van der Waals surface area (Å²) < 4.78 is 41.2. The number of hydrogen-bond donors (Lipinski definition) is 1. The van der Waals surface area contributed by atoms with Crippen molar-refractivity contribution in [3.8, 4) is 5.75 Å². The van der Waals surface area contributed by atoms with E-state index in [4.69, 9.17) is 5.11 Å². The number of aldehydes is 1. The maximum atomic E-state index is 13.6. The molecule has 1 aromatic carbocycles. The second kappa shape index (κ2) is 5.33. The lowest BCUT2D eigenvalue weighted by atomic mass is 10.0. The Morgan fingerprint density at radius 1 is 1.47 bits per heavy atom. The zero-order valence-corrected chi connectivity index (χ0v) is 8.32. The summed E-state index contributed by atoms with van der Waals surface area (Å²) in [6.07, 6.45) is -0.548. The number of benzene rings is 1. The largest absolute Gasteiger partial charge is 0.481 e. The first-order valence-electron chi connectivity index (χ1n) is 4.39. The van der Waals surface area contributed by atoms with Gasteiger partial charge in [0.25, 0.3) is 0 Å². The van der Waals surface area contributed by atoms with Crippen LogP contribution in [0.5, 0.6) is 5.75 Å². The molecule has 1 N–H and O–H groups in total. The zero-order valence-electron chi connectivity index (χ0n) is 8.32. The minimum atomic E-state index is -3.23. The molecule has 1 aromatic rings.